The van der Waals surface area contributed by atoms with Gasteiger partial charge in [-0.3, -0.25) is 4.79 Å². The van der Waals surface area contributed by atoms with Crippen LogP contribution in [0.25, 0.3) is 0 Å². The summed E-state index contributed by atoms with van der Waals surface area (Å²) in [6, 6.07) is 5.54. The molecule has 1 rings (SSSR count). The summed E-state index contributed by atoms with van der Waals surface area (Å²) < 4.78 is 5.48. The van der Waals surface area contributed by atoms with Gasteiger partial charge in [-0.05, 0) is 37.5 Å². The van der Waals surface area contributed by atoms with Crippen LogP contribution in [0.15, 0.2) is 18.2 Å². The Morgan fingerprint density at radius 3 is 2.75 bits per heavy atom. The molecule has 0 aliphatic carbocycles. The third-order valence-corrected chi connectivity index (χ3v) is 3.23. The minimum absolute atomic E-state index is 0.0101. The van der Waals surface area contributed by atoms with Crippen LogP contribution < -0.4 is 11.1 Å². The van der Waals surface area contributed by atoms with Crippen LogP contribution in [0.3, 0.4) is 0 Å². The van der Waals surface area contributed by atoms with Crippen LogP contribution in [0.1, 0.15) is 44.6 Å². The van der Waals surface area contributed by atoms with E-state index in [1.165, 1.54) is 12.8 Å². The molecule has 0 saturated carbocycles. The van der Waals surface area contributed by atoms with Crippen LogP contribution in [0.4, 0.5) is 11.4 Å². The van der Waals surface area contributed by atoms with Gasteiger partial charge in [0.15, 0.2) is 0 Å². The lowest BCUT2D eigenvalue weighted by Gasteiger charge is -2.10. The standard InChI is InChI=1S/C16H26N2O2/c1-3-4-5-11-20-12-7-10-16(19)18-15-9-6-8-14(17)13(15)2/h6,8-9H,3-5,7,10-12,17H2,1-2H3,(H,18,19). The first-order valence-corrected chi connectivity index (χ1v) is 7.37. The first kappa shape index (κ1) is 16.5. The van der Waals surface area contributed by atoms with Crippen molar-refractivity contribution in [3.05, 3.63) is 23.8 Å². The highest BCUT2D eigenvalue weighted by Crippen LogP contribution is 2.20. The number of hydrogen-bond donors (Lipinski definition) is 2. The monoisotopic (exact) mass is 278 g/mol. The Morgan fingerprint density at radius 2 is 2.00 bits per heavy atom. The molecule has 0 spiro atoms. The van der Waals surface area contributed by atoms with E-state index in [9.17, 15) is 4.79 Å². The number of unbranched alkanes of at least 4 members (excludes halogenated alkanes) is 2. The molecule has 1 aromatic carbocycles. The Morgan fingerprint density at radius 1 is 1.25 bits per heavy atom. The normalized spacial score (nSPS) is 10.5. The molecule has 0 atom stereocenters. The van der Waals surface area contributed by atoms with E-state index in [4.69, 9.17) is 10.5 Å². The number of hydrogen-bond acceptors (Lipinski definition) is 3. The second kappa shape index (κ2) is 9.37. The molecular formula is C16H26N2O2. The molecule has 0 bridgehead atoms. The number of nitrogens with one attached hydrogen (secondary N) is 1. The van der Waals surface area contributed by atoms with Crippen LogP contribution in [-0.2, 0) is 9.53 Å². The average molecular weight is 278 g/mol. The van der Waals surface area contributed by atoms with Gasteiger partial charge in [0.2, 0.25) is 5.91 Å². The second-order valence-corrected chi connectivity index (χ2v) is 4.99. The minimum atomic E-state index is 0.0101. The van der Waals surface area contributed by atoms with E-state index in [1.54, 1.807) is 0 Å². The van der Waals surface area contributed by atoms with E-state index in [2.05, 4.69) is 12.2 Å². The van der Waals surface area contributed by atoms with Crippen molar-refractivity contribution in [2.24, 2.45) is 0 Å². The topological polar surface area (TPSA) is 64.3 Å². The first-order chi connectivity index (χ1) is 9.65. The summed E-state index contributed by atoms with van der Waals surface area (Å²) in [5, 5.41) is 2.89. The van der Waals surface area contributed by atoms with E-state index in [-0.39, 0.29) is 5.91 Å². The molecule has 0 fully saturated rings. The van der Waals surface area contributed by atoms with Gasteiger partial charge in [-0.25, -0.2) is 0 Å². The van der Waals surface area contributed by atoms with Crippen LogP contribution in [0.2, 0.25) is 0 Å². The SMILES string of the molecule is CCCCCOCCCC(=O)Nc1cccc(N)c1C. The van der Waals surface area contributed by atoms with E-state index in [0.29, 0.717) is 18.7 Å². The fourth-order valence-corrected chi connectivity index (χ4v) is 1.89. The summed E-state index contributed by atoms with van der Waals surface area (Å²) in [5.74, 6) is 0.0101. The van der Waals surface area contributed by atoms with Gasteiger partial charge in [-0.2, -0.15) is 0 Å². The van der Waals surface area contributed by atoms with Crippen LogP contribution in [0, 0.1) is 6.92 Å². The number of nitrogens with two attached hydrogens (primary N) is 1. The minimum Gasteiger partial charge on any atom is -0.398 e. The van der Waals surface area contributed by atoms with Gasteiger partial charge in [-0.15, -0.1) is 0 Å². The fourth-order valence-electron chi connectivity index (χ4n) is 1.89. The fraction of sp³-hybridized carbons (Fsp3) is 0.562. The Labute approximate surface area is 121 Å². The molecule has 1 aromatic rings. The van der Waals surface area contributed by atoms with Gasteiger partial charge < -0.3 is 15.8 Å². The molecule has 0 aromatic heterocycles. The third-order valence-electron chi connectivity index (χ3n) is 3.23. The number of carbonyl (C=O) groups excluding carboxylic acids is 1. The zero-order valence-corrected chi connectivity index (χ0v) is 12.6. The van der Waals surface area contributed by atoms with Crippen molar-refractivity contribution in [1.29, 1.82) is 0 Å². The van der Waals surface area contributed by atoms with Gasteiger partial charge in [0.1, 0.15) is 0 Å². The molecular weight excluding hydrogens is 252 g/mol. The molecule has 0 unspecified atom stereocenters. The highest BCUT2D eigenvalue weighted by Gasteiger charge is 2.06. The smallest absolute Gasteiger partial charge is 0.224 e. The molecule has 20 heavy (non-hydrogen) atoms. The van der Waals surface area contributed by atoms with Crippen molar-refractivity contribution in [3.8, 4) is 0 Å². The second-order valence-electron chi connectivity index (χ2n) is 4.99. The van der Waals surface area contributed by atoms with Gasteiger partial charge in [-0.1, -0.05) is 25.8 Å². The number of carbonyl (C=O) groups is 1. The van der Waals surface area contributed by atoms with Gasteiger partial charge >= 0.3 is 0 Å². The molecule has 0 saturated heterocycles. The highest BCUT2D eigenvalue weighted by molar-refractivity contribution is 5.92. The maximum absolute atomic E-state index is 11.8. The predicted molar refractivity (Wildman–Crippen MR) is 83.8 cm³/mol. The number of nitrogen functional groups attached to an aromatic ring is 1. The number of anilines is 2. The van der Waals surface area contributed by atoms with Gasteiger partial charge in [0.05, 0.1) is 0 Å². The lowest BCUT2D eigenvalue weighted by Crippen LogP contribution is -2.13. The van der Waals surface area contributed by atoms with Crippen molar-refractivity contribution in [2.45, 2.75) is 46.0 Å². The van der Waals surface area contributed by atoms with Gasteiger partial charge in [0, 0.05) is 31.0 Å². The lowest BCUT2D eigenvalue weighted by molar-refractivity contribution is -0.116. The largest absolute Gasteiger partial charge is 0.398 e. The van der Waals surface area contributed by atoms with Crippen molar-refractivity contribution in [2.75, 3.05) is 24.3 Å². The van der Waals surface area contributed by atoms with Crippen LogP contribution in [0.5, 0.6) is 0 Å². The summed E-state index contributed by atoms with van der Waals surface area (Å²) >= 11 is 0. The van der Waals surface area contributed by atoms with Crippen LogP contribution >= 0.6 is 0 Å². The maximum Gasteiger partial charge on any atom is 0.224 e. The van der Waals surface area contributed by atoms with Gasteiger partial charge in [0.25, 0.3) is 0 Å². The van der Waals surface area contributed by atoms with Crippen molar-refractivity contribution in [3.63, 3.8) is 0 Å². The summed E-state index contributed by atoms with van der Waals surface area (Å²) in [5.41, 5.74) is 8.21. The van der Waals surface area contributed by atoms with E-state index in [0.717, 1.165) is 30.7 Å². The number of amides is 1. The molecule has 4 heteroatoms. The number of ether oxygens (including phenoxy) is 1. The maximum atomic E-state index is 11.8. The zero-order chi connectivity index (χ0) is 14.8. The van der Waals surface area contributed by atoms with E-state index >= 15 is 0 Å². The van der Waals surface area contributed by atoms with Crippen molar-refractivity contribution < 1.29 is 9.53 Å². The Balaban J connectivity index is 2.19. The molecule has 0 aliphatic heterocycles. The first-order valence-electron chi connectivity index (χ1n) is 7.37. The van der Waals surface area contributed by atoms with E-state index < -0.39 is 0 Å². The highest BCUT2D eigenvalue weighted by atomic mass is 16.5. The summed E-state index contributed by atoms with van der Waals surface area (Å²) in [6.07, 6.45) is 4.73. The molecule has 0 radical (unpaired) electrons. The molecule has 112 valence electrons. The molecule has 0 heterocycles. The van der Waals surface area contributed by atoms with Crippen molar-refractivity contribution in [1.82, 2.24) is 0 Å². The summed E-state index contributed by atoms with van der Waals surface area (Å²) in [6.45, 7) is 5.52. The van der Waals surface area contributed by atoms with Crippen molar-refractivity contribution >= 4 is 17.3 Å². The Kier molecular flexibility index (Phi) is 7.73. The zero-order valence-electron chi connectivity index (χ0n) is 12.6. The molecule has 3 N–H and O–H groups in total. The summed E-state index contributed by atoms with van der Waals surface area (Å²) in [7, 11) is 0. The Hall–Kier alpha value is -1.55. The molecule has 1 amide bonds. The Bertz CT molecular complexity index is 419. The third kappa shape index (κ3) is 6.06. The molecule has 4 nitrogen and oxygen atoms in total. The predicted octanol–water partition coefficient (Wildman–Crippen LogP) is 3.50. The lowest BCUT2D eigenvalue weighted by atomic mass is 10.1. The summed E-state index contributed by atoms with van der Waals surface area (Å²) in [4.78, 5) is 11.8. The number of rotatable bonds is 9. The molecule has 0 aliphatic rings. The van der Waals surface area contributed by atoms with Crippen LogP contribution in [-0.4, -0.2) is 19.1 Å². The quantitative estimate of drug-likeness (QED) is 0.536. The average Bonchev–Trinajstić information content (AvgIpc) is 2.43. The number of benzene rings is 1. The van der Waals surface area contributed by atoms with E-state index in [1.807, 2.05) is 25.1 Å².